The minimum Gasteiger partial charge on any atom is -0.373 e. The van der Waals surface area contributed by atoms with Crippen molar-refractivity contribution in [1.82, 2.24) is 10.3 Å². The number of aromatic nitrogens is 1. The van der Waals surface area contributed by atoms with Crippen molar-refractivity contribution in [1.29, 1.82) is 0 Å². The summed E-state index contributed by atoms with van der Waals surface area (Å²) in [5.41, 5.74) is 0.411. The zero-order chi connectivity index (χ0) is 13.8. The zero-order valence-electron chi connectivity index (χ0n) is 10.0. The Morgan fingerprint density at radius 3 is 3.00 bits per heavy atom. The van der Waals surface area contributed by atoms with E-state index < -0.39 is 0 Å². The average Bonchev–Trinajstić information content (AvgIpc) is 2.82. The van der Waals surface area contributed by atoms with E-state index in [1.165, 1.54) is 6.20 Å². The van der Waals surface area contributed by atoms with E-state index in [0.29, 0.717) is 22.9 Å². The third-order valence-electron chi connectivity index (χ3n) is 2.46. The van der Waals surface area contributed by atoms with Crippen molar-refractivity contribution in [2.24, 2.45) is 0 Å². The van der Waals surface area contributed by atoms with Gasteiger partial charge in [0.2, 0.25) is 0 Å². The molecule has 0 spiro atoms. The van der Waals surface area contributed by atoms with E-state index in [9.17, 15) is 4.79 Å². The SMILES string of the molecule is CNc1cc(C(=O)NCc2sccc2Br)c(Cl)cn1. The number of anilines is 1. The van der Waals surface area contributed by atoms with E-state index in [-0.39, 0.29) is 5.91 Å². The minimum absolute atomic E-state index is 0.218. The van der Waals surface area contributed by atoms with Crippen LogP contribution in [0.15, 0.2) is 28.2 Å². The van der Waals surface area contributed by atoms with Crippen molar-refractivity contribution in [3.8, 4) is 0 Å². The summed E-state index contributed by atoms with van der Waals surface area (Å²) < 4.78 is 0.995. The van der Waals surface area contributed by atoms with Crippen LogP contribution in [0.5, 0.6) is 0 Å². The van der Waals surface area contributed by atoms with Gasteiger partial charge >= 0.3 is 0 Å². The van der Waals surface area contributed by atoms with Gasteiger partial charge in [-0.1, -0.05) is 11.6 Å². The number of carbonyl (C=O) groups excluding carboxylic acids is 1. The fraction of sp³-hybridized carbons (Fsp3) is 0.167. The van der Waals surface area contributed by atoms with Gasteiger partial charge in [-0.2, -0.15) is 0 Å². The van der Waals surface area contributed by atoms with Crippen LogP contribution in [0.1, 0.15) is 15.2 Å². The number of hydrogen-bond acceptors (Lipinski definition) is 4. The number of carbonyl (C=O) groups is 1. The standard InChI is InChI=1S/C12H11BrClN3OS/c1-15-11-4-7(9(14)5-16-11)12(18)17-6-10-8(13)2-3-19-10/h2-5H,6H2,1H3,(H,15,16)(H,17,18). The van der Waals surface area contributed by atoms with Gasteiger partial charge in [-0.15, -0.1) is 11.3 Å². The van der Waals surface area contributed by atoms with Crippen LogP contribution in [0.4, 0.5) is 5.82 Å². The molecule has 1 amide bonds. The third kappa shape index (κ3) is 3.46. The summed E-state index contributed by atoms with van der Waals surface area (Å²) in [6.07, 6.45) is 1.46. The molecule has 19 heavy (non-hydrogen) atoms. The molecule has 100 valence electrons. The quantitative estimate of drug-likeness (QED) is 0.877. The van der Waals surface area contributed by atoms with Gasteiger partial charge in [0.1, 0.15) is 5.82 Å². The predicted molar refractivity (Wildman–Crippen MR) is 82.0 cm³/mol. The highest BCUT2D eigenvalue weighted by atomic mass is 79.9. The molecule has 0 aliphatic carbocycles. The molecular weight excluding hydrogens is 350 g/mol. The maximum absolute atomic E-state index is 12.1. The Morgan fingerprint density at radius 2 is 2.37 bits per heavy atom. The summed E-state index contributed by atoms with van der Waals surface area (Å²) in [4.78, 5) is 17.2. The molecule has 2 heterocycles. The van der Waals surface area contributed by atoms with Gasteiger partial charge in [0.15, 0.2) is 0 Å². The molecule has 0 aliphatic heterocycles. The van der Waals surface area contributed by atoms with Crippen molar-refractivity contribution in [3.05, 3.63) is 43.6 Å². The first-order valence-corrected chi connectivity index (χ1v) is 7.50. The second-order valence-corrected chi connectivity index (χ2v) is 5.94. The fourth-order valence-electron chi connectivity index (χ4n) is 1.46. The third-order valence-corrected chi connectivity index (χ3v) is 4.68. The van der Waals surface area contributed by atoms with E-state index in [1.54, 1.807) is 24.5 Å². The molecule has 2 rings (SSSR count). The Labute approximate surface area is 128 Å². The molecule has 2 N–H and O–H groups in total. The van der Waals surface area contributed by atoms with Gasteiger partial charge in [0.25, 0.3) is 5.91 Å². The Balaban J connectivity index is 2.10. The molecule has 0 atom stereocenters. The second-order valence-electron chi connectivity index (χ2n) is 3.67. The van der Waals surface area contributed by atoms with E-state index in [4.69, 9.17) is 11.6 Å². The Hall–Kier alpha value is -1.11. The monoisotopic (exact) mass is 359 g/mol. The number of rotatable bonds is 4. The van der Waals surface area contributed by atoms with Crippen molar-refractivity contribution >= 4 is 50.6 Å². The molecule has 0 fully saturated rings. The Bertz CT molecular complexity index is 602. The predicted octanol–water partition coefficient (Wildman–Crippen LogP) is 3.53. The minimum atomic E-state index is -0.218. The number of halogens is 2. The summed E-state index contributed by atoms with van der Waals surface area (Å²) >= 11 is 11.0. The van der Waals surface area contributed by atoms with Gasteiger partial charge in [-0.25, -0.2) is 4.98 Å². The van der Waals surface area contributed by atoms with Gasteiger partial charge in [0.05, 0.1) is 17.1 Å². The first-order chi connectivity index (χ1) is 9.11. The van der Waals surface area contributed by atoms with Crippen LogP contribution in [-0.2, 0) is 6.54 Å². The van der Waals surface area contributed by atoms with Crippen LogP contribution in [-0.4, -0.2) is 17.9 Å². The van der Waals surface area contributed by atoms with Gasteiger partial charge in [-0.3, -0.25) is 4.79 Å². The molecule has 0 unspecified atom stereocenters. The van der Waals surface area contributed by atoms with Crippen LogP contribution in [0, 0.1) is 0 Å². The summed E-state index contributed by atoms with van der Waals surface area (Å²) in [6.45, 7) is 0.463. The summed E-state index contributed by atoms with van der Waals surface area (Å²) in [5.74, 6) is 0.385. The van der Waals surface area contributed by atoms with Gasteiger partial charge in [0, 0.05) is 22.6 Å². The van der Waals surface area contributed by atoms with E-state index >= 15 is 0 Å². The molecule has 0 radical (unpaired) electrons. The van der Waals surface area contributed by atoms with Crippen molar-refractivity contribution in [2.45, 2.75) is 6.54 Å². The molecule has 0 aromatic carbocycles. The smallest absolute Gasteiger partial charge is 0.253 e. The lowest BCUT2D eigenvalue weighted by molar-refractivity contribution is 0.0951. The fourth-order valence-corrected chi connectivity index (χ4v) is 3.08. The molecular formula is C12H11BrClN3OS. The normalized spacial score (nSPS) is 10.3. The van der Waals surface area contributed by atoms with Crippen LogP contribution >= 0.6 is 38.9 Å². The highest BCUT2D eigenvalue weighted by Gasteiger charge is 2.12. The van der Waals surface area contributed by atoms with Crippen LogP contribution in [0.25, 0.3) is 0 Å². The number of thiophene rings is 1. The first kappa shape index (κ1) is 14.3. The maximum Gasteiger partial charge on any atom is 0.253 e. The number of nitrogens with one attached hydrogen (secondary N) is 2. The maximum atomic E-state index is 12.1. The topological polar surface area (TPSA) is 54.0 Å². The number of hydrogen-bond donors (Lipinski definition) is 2. The first-order valence-electron chi connectivity index (χ1n) is 5.45. The molecule has 7 heteroatoms. The molecule has 2 aromatic heterocycles. The molecule has 4 nitrogen and oxygen atoms in total. The Kier molecular flexibility index (Phi) is 4.79. The van der Waals surface area contributed by atoms with Crippen LogP contribution in [0.3, 0.4) is 0 Å². The van der Waals surface area contributed by atoms with Gasteiger partial charge in [-0.05, 0) is 33.4 Å². The number of nitrogens with zero attached hydrogens (tertiary/aromatic N) is 1. The molecule has 0 saturated carbocycles. The van der Waals surface area contributed by atoms with E-state index in [0.717, 1.165) is 9.35 Å². The van der Waals surface area contributed by atoms with Crippen molar-refractivity contribution in [3.63, 3.8) is 0 Å². The van der Waals surface area contributed by atoms with Crippen LogP contribution in [0.2, 0.25) is 5.02 Å². The van der Waals surface area contributed by atoms with E-state index in [2.05, 4.69) is 31.5 Å². The van der Waals surface area contributed by atoms with Crippen molar-refractivity contribution in [2.75, 3.05) is 12.4 Å². The lowest BCUT2D eigenvalue weighted by Crippen LogP contribution is -2.23. The van der Waals surface area contributed by atoms with E-state index in [1.807, 2.05) is 11.4 Å². The zero-order valence-corrected chi connectivity index (χ0v) is 13.2. The largest absolute Gasteiger partial charge is 0.373 e. The summed E-state index contributed by atoms with van der Waals surface area (Å²) in [7, 11) is 1.74. The summed E-state index contributed by atoms with van der Waals surface area (Å²) in [5, 5.41) is 8.01. The molecule has 2 aromatic rings. The number of amides is 1. The lowest BCUT2D eigenvalue weighted by Gasteiger charge is -2.07. The summed E-state index contributed by atoms with van der Waals surface area (Å²) in [6, 6.07) is 3.58. The molecule has 0 bridgehead atoms. The lowest BCUT2D eigenvalue weighted by atomic mass is 10.2. The molecule has 0 saturated heterocycles. The highest BCUT2D eigenvalue weighted by Crippen LogP contribution is 2.23. The highest BCUT2D eigenvalue weighted by molar-refractivity contribution is 9.10. The van der Waals surface area contributed by atoms with Crippen molar-refractivity contribution < 1.29 is 4.79 Å². The number of pyridine rings is 1. The average molecular weight is 361 g/mol. The second kappa shape index (κ2) is 6.36. The Morgan fingerprint density at radius 1 is 1.58 bits per heavy atom. The van der Waals surface area contributed by atoms with Crippen LogP contribution < -0.4 is 10.6 Å². The van der Waals surface area contributed by atoms with Gasteiger partial charge < -0.3 is 10.6 Å². The molecule has 0 aliphatic rings.